The third-order valence-corrected chi connectivity index (χ3v) is 3.22. The Labute approximate surface area is 113 Å². The van der Waals surface area contributed by atoms with E-state index in [0.717, 1.165) is 17.7 Å². The van der Waals surface area contributed by atoms with E-state index in [0.29, 0.717) is 6.61 Å². The molecule has 0 aromatic heterocycles. The Kier molecular flexibility index (Phi) is 4.66. The first-order valence-corrected chi connectivity index (χ1v) is 6.64. The molecule has 0 fully saturated rings. The molecule has 0 aliphatic carbocycles. The van der Waals surface area contributed by atoms with Crippen LogP contribution >= 0.6 is 11.6 Å². The molecule has 0 N–H and O–H groups in total. The first kappa shape index (κ1) is 13.0. The van der Waals surface area contributed by atoms with Gasteiger partial charge in [0.25, 0.3) is 0 Å². The fourth-order valence-corrected chi connectivity index (χ4v) is 2.20. The van der Waals surface area contributed by atoms with Gasteiger partial charge in [-0.3, -0.25) is 0 Å². The minimum atomic E-state index is 0.00285. The molecule has 0 saturated heterocycles. The molecule has 1 atom stereocenters. The zero-order chi connectivity index (χ0) is 12.8. The highest BCUT2D eigenvalue weighted by Gasteiger charge is 2.08. The normalized spacial score (nSPS) is 12.1. The predicted octanol–water partition coefficient (Wildman–Crippen LogP) is 4.61. The van der Waals surface area contributed by atoms with Gasteiger partial charge < -0.3 is 4.74 Å². The summed E-state index contributed by atoms with van der Waals surface area (Å²) < 4.78 is 5.42. The standard InChI is InChI=1S/C16H17ClO/c1-2-18-15-10-8-14(9-11-15)16(17)12-13-6-4-3-5-7-13/h3-11,16H,2,12H2,1H3. The molecule has 2 aromatic rings. The first-order chi connectivity index (χ1) is 8.79. The molecule has 94 valence electrons. The van der Waals surface area contributed by atoms with Crippen molar-refractivity contribution in [3.63, 3.8) is 0 Å². The molecule has 0 radical (unpaired) electrons. The van der Waals surface area contributed by atoms with E-state index >= 15 is 0 Å². The van der Waals surface area contributed by atoms with Gasteiger partial charge in [0, 0.05) is 0 Å². The fourth-order valence-electron chi connectivity index (χ4n) is 1.88. The lowest BCUT2D eigenvalue weighted by atomic mass is 10.0. The second kappa shape index (κ2) is 6.46. The van der Waals surface area contributed by atoms with E-state index in [9.17, 15) is 0 Å². The van der Waals surface area contributed by atoms with E-state index in [2.05, 4.69) is 12.1 Å². The molecule has 0 heterocycles. The molecule has 0 aliphatic heterocycles. The van der Waals surface area contributed by atoms with E-state index in [4.69, 9.17) is 16.3 Å². The SMILES string of the molecule is CCOc1ccc(C(Cl)Cc2ccccc2)cc1. The average Bonchev–Trinajstić information content (AvgIpc) is 2.41. The lowest BCUT2D eigenvalue weighted by Crippen LogP contribution is -1.96. The highest BCUT2D eigenvalue weighted by atomic mass is 35.5. The minimum absolute atomic E-state index is 0.00285. The van der Waals surface area contributed by atoms with Crippen molar-refractivity contribution in [3.05, 3.63) is 65.7 Å². The van der Waals surface area contributed by atoms with Gasteiger partial charge in [0.15, 0.2) is 0 Å². The lowest BCUT2D eigenvalue weighted by molar-refractivity contribution is 0.340. The molecular formula is C16H17ClO. The molecule has 2 heteroatoms. The maximum Gasteiger partial charge on any atom is 0.119 e. The van der Waals surface area contributed by atoms with Crippen LogP contribution in [0.15, 0.2) is 54.6 Å². The zero-order valence-electron chi connectivity index (χ0n) is 10.5. The van der Waals surface area contributed by atoms with Crippen LogP contribution in [-0.4, -0.2) is 6.61 Å². The summed E-state index contributed by atoms with van der Waals surface area (Å²) in [4.78, 5) is 0. The van der Waals surface area contributed by atoms with Crippen LogP contribution in [0, 0.1) is 0 Å². The first-order valence-electron chi connectivity index (χ1n) is 6.20. The number of rotatable bonds is 5. The van der Waals surface area contributed by atoms with E-state index in [1.165, 1.54) is 5.56 Å². The van der Waals surface area contributed by atoms with Gasteiger partial charge in [-0.25, -0.2) is 0 Å². The monoisotopic (exact) mass is 260 g/mol. The van der Waals surface area contributed by atoms with Crippen LogP contribution in [0.3, 0.4) is 0 Å². The van der Waals surface area contributed by atoms with Crippen LogP contribution in [0.1, 0.15) is 23.4 Å². The number of benzene rings is 2. The Bertz CT molecular complexity index is 464. The van der Waals surface area contributed by atoms with Gasteiger partial charge in [-0.1, -0.05) is 42.5 Å². The van der Waals surface area contributed by atoms with Crippen LogP contribution in [0.5, 0.6) is 5.75 Å². The van der Waals surface area contributed by atoms with E-state index < -0.39 is 0 Å². The van der Waals surface area contributed by atoms with Crippen LogP contribution in [0.2, 0.25) is 0 Å². The lowest BCUT2D eigenvalue weighted by Gasteiger charge is -2.11. The Balaban J connectivity index is 2.02. The summed E-state index contributed by atoms with van der Waals surface area (Å²) >= 11 is 6.43. The van der Waals surface area contributed by atoms with Crippen molar-refractivity contribution in [2.75, 3.05) is 6.61 Å². The molecule has 0 saturated carbocycles. The smallest absolute Gasteiger partial charge is 0.119 e. The molecule has 0 spiro atoms. The summed E-state index contributed by atoms with van der Waals surface area (Å²) in [5.41, 5.74) is 2.38. The number of ether oxygens (including phenoxy) is 1. The highest BCUT2D eigenvalue weighted by Crippen LogP contribution is 2.26. The predicted molar refractivity (Wildman–Crippen MR) is 76.4 cm³/mol. The van der Waals surface area contributed by atoms with Crippen molar-refractivity contribution < 1.29 is 4.74 Å². The van der Waals surface area contributed by atoms with Crippen LogP contribution in [0.4, 0.5) is 0 Å². The van der Waals surface area contributed by atoms with Crippen molar-refractivity contribution in [1.29, 1.82) is 0 Å². The summed E-state index contributed by atoms with van der Waals surface area (Å²) in [5, 5.41) is 0.00285. The molecular weight excluding hydrogens is 244 g/mol. The topological polar surface area (TPSA) is 9.23 Å². The van der Waals surface area contributed by atoms with Crippen molar-refractivity contribution in [2.45, 2.75) is 18.7 Å². The number of halogens is 1. The largest absolute Gasteiger partial charge is 0.494 e. The molecule has 0 aliphatic rings. The molecule has 18 heavy (non-hydrogen) atoms. The van der Waals surface area contributed by atoms with Gasteiger partial charge in [-0.2, -0.15) is 0 Å². The van der Waals surface area contributed by atoms with Crippen molar-refractivity contribution >= 4 is 11.6 Å². The van der Waals surface area contributed by atoms with Crippen molar-refractivity contribution in [3.8, 4) is 5.75 Å². The second-order valence-corrected chi connectivity index (χ2v) is 4.69. The molecule has 1 nitrogen and oxygen atoms in total. The highest BCUT2D eigenvalue weighted by molar-refractivity contribution is 6.20. The Morgan fingerprint density at radius 3 is 2.28 bits per heavy atom. The summed E-state index contributed by atoms with van der Waals surface area (Å²) in [6.07, 6.45) is 0.844. The third kappa shape index (κ3) is 3.51. The summed E-state index contributed by atoms with van der Waals surface area (Å²) in [5.74, 6) is 0.893. The Hall–Kier alpha value is -1.47. The zero-order valence-corrected chi connectivity index (χ0v) is 11.2. The van der Waals surface area contributed by atoms with Crippen LogP contribution in [-0.2, 0) is 6.42 Å². The van der Waals surface area contributed by atoms with Gasteiger partial charge in [0.2, 0.25) is 0 Å². The number of alkyl halides is 1. The van der Waals surface area contributed by atoms with E-state index in [1.54, 1.807) is 0 Å². The number of hydrogen-bond acceptors (Lipinski definition) is 1. The molecule has 0 amide bonds. The van der Waals surface area contributed by atoms with E-state index in [-0.39, 0.29) is 5.38 Å². The molecule has 2 aromatic carbocycles. The Morgan fingerprint density at radius 2 is 1.67 bits per heavy atom. The fraction of sp³-hybridized carbons (Fsp3) is 0.250. The molecule has 1 unspecified atom stereocenters. The van der Waals surface area contributed by atoms with E-state index in [1.807, 2.05) is 49.4 Å². The quantitative estimate of drug-likeness (QED) is 0.714. The minimum Gasteiger partial charge on any atom is -0.494 e. The Morgan fingerprint density at radius 1 is 1.00 bits per heavy atom. The van der Waals surface area contributed by atoms with Gasteiger partial charge >= 0.3 is 0 Å². The third-order valence-electron chi connectivity index (χ3n) is 2.81. The van der Waals surface area contributed by atoms with Gasteiger partial charge in [-0.05, 0) is 36.6 Å². The summed E-state index contributed by atoms with van der Waals surface area (Å²) in [6, 6.07) is 18.3. The molecule has 2 rings (SSSR count). The summed E-state index contributed by atoms with van der Waals surface area (Å²) in [6.45, 7) is 2.67. The maximum atomic E-state index is 6.43. The second-order valence-electron chi connectivity index (χ2n) is 4.16. The molecule has 0 bridgehead atoms. The summed E-state index contributed by atoms with van der Waals surface area (Å²) in [7, 11) is 0. The van der Waals surface area contributed by atoms with Crippen LogP contribution in [0.25, 0.3) is 0 Å². The average molecular weight is 261 g/mol. The van der Waals surface area contributed by atoms with Gasteiger partial charge in [0.1, 0.15) is 5.75 Å². The van der Waals surface area contributed by atoms with Crippen LogP contribution < -0.4 is 4.74 Å². The van der Waals surface area contributed by atoms with Gasteiger partial charge in [0.05, 0.1) is 12.0 Å². The van der Waals surface area contributed by atoms with Crippen molar-refractivity contribution in [1.82, 2.24) is 0 Å². The number of hydrogen-bond donors (Lipinski definition) is 0. The van der Waals surface area contributed by atoms with Crippen molar-refractivity contribution in [2.24, 2.45) is 0 Å². The maximum absolute atomic E-state index is 6.43. The van der Waals surface area contributed by atoms with Gasteiger partial charge in [-0.15, -0.1) is 11.6 Å².